The van der Waals surface area contributed by atoms with E-state index in [0.29, 0.717) is 19.5 Å². The van der Waals surface area contributed by atoms with Gasteiger partial charge in [0.05, 0.1) is 18.4 Å². The molecule has 1 unspecified atom stereocenters. The number of carbonyl (C=O) groups is 2. The average Bonchev–Trinajstić information content (AvgIpc) is 2.89. The van der Waals surface area contributed by atoms with Gasteiger partial charge in [-0.05, 0) is 18.9 Å². The van der Waals surface area contributed by atoms with Gasteiger partial charge in [-0.25, -0.2) is 4.79 Å². The summed E-state index contributed by atoms with van der Waals surface area (Å²) >= 11 is 0. The van der Waals surface area contributed by atoms with E-state index < -0.39 is 11.9 Å². The topological polar surface area (TPSA) is 82.8 Å². The molecule has 6 nitrogen and oxygen atoms in total. The van der Waals surface area contributed by atoms with Gasteiger partial charge in [0.15, 0.2) is 0 Å². The molecule has 98 valence electrons. The number of aliphatic carboxylic acids is 1. The number of carbonyl (C=O) groups excluding carboxylic acids is 1. The van der Waals surface area contributed by atoms with Crippen molar-refractivity contribution in [2.75, 3.05) is 13.1 Å². The second-order valence-corrected chi connectivity index (χ2v) is 4.41. The van der Waals surface area contributed by atoms with Crippen LogP contribution in [0.2, 0.25) is 0 Å². The molecule has 0 aliphatic carbocycles. The highest BCUT2D eigenvalue weighted by Crippen LogP contribution is 2.16. The van der Waals surface area contributed by atoms with Crippen LogP contribution in [0.3, 0.4) is 0 Å². The summed E-state index contributed by atoms with van der Waals surface area (Å²) in [5, 5.41) is 11.7. The summed E-state index contributed by atoms with van der Waals surface area (Å²) in [7, 11) is 0. The number of nitrogens with zero attached hydrogens (tertiary/aromatic N) is 1. The quantitative estimate of drug-likeness (QED) is 0.849. The van der Waals surface area contributed by atoms with Crippen LogP contribution < -0.4 is 5.32 Å². The normalized spacial score (nSPS) is 19.6. The van der Waals surface area contributed by atoms with Gasteiger partial charge in [0, 0.05) is 25.2 Å². The lowest BCUT2D eigenvalue weighted by Crippen LogP contribution is -2.46. The predicted octanol–water partition coefficient (Wildman–Crippen LogP) is 1.29. The number of carboxylic acid groups (broad SMARTS) is 1. The molecule has 2 N–H and O–H groups in total. The van der Waals surface area contributed by atoms with Crippen LogP contribution >= 0.6 is 0 Å². The Kier molecular flexibility index (Phi) is 3.86. The van der Waals surface area contributed by atoms with Gasteiger partial charge < -0.3 is 19.7 Å². The fourth-order valence-corrected chi connectivity index (χ4v) is 2.05. The van der Waals surface area contributed by atoms with Crippen molar-refractivity contribution < 1.29 is 19.1 Å². The van der Waals surface area contributed by atoms with Gasteiger partial charge in [0.25, 0.3) is 0 Å². The number of nitrogens with one attached hydrogen (secondary N) is 1. The number of hydrogen-bond donors (Lipinski definition) is 2. The zero-order valence-corrected chi connectivity index (χ0v) is 9.96. The summed E-state index contributed by atoms with van der Waals surface area (Å²) in [6.45, 7) is 1.29. The molecular weight excluding hydrogens is 236 g/mol. The lowest BCUT2D eigenvalue weighted by atomic mass is 9.99. The number of carboxylic acids is 1. The van der Waals surface area contributed by atoms with Gasteiger partial charge in [-0.2, -0.15) is 0 Å². The molecule has 1 aliphatic heterocycles. The predicted molar refractivity (Wildman–Crippen MR) is 62.9 cm³/mol. The van der Waals surface area contributed by atoms with E-state index >= 15 is 0 Å². The minimum Gasteiger partial charge on any atom is -0.481 e. The SMILES string of the molecule is O=C(O)C1CCCN(C(=O)NCc2ccoc2)C1. The van der Waals surface area contributed by atoms with Gasteiger partial charge >= 0.3 is 12.0 Å². The van der Waals surface area contributed by atoms with E-state index in [1.165, 1.54) is 0 Å². The molecule has 1 fully saturated rings. The summed E-state index contributed by atoms with van der Waals surface area (Å²) in [6, 6.07) is 1.55. The largest absolute Gasteiger partial charge is 0.481 e. The number of urea groups is 1. The second-order valence-electron chi connectivity index (χ2n) is 4.41. The molecule has 0 bridgehead atoms. The Morgan fingerprint density at radius 1 is 1.56 bits per heavy atom. The summed E-state index contributed by atoms with van der Waals surface area (Å²) in [4.78, 5) is 24.3. The molecule has 1 aromatic rings. The number of amides is 2. The van der Waals surface area contributed by atoms with Crippen LogP contribution in [0.15, 0.2) is 23.0 Å². The molecule has 1 aliphatic rings. The first-order valence-electron chi connectivity index (χ1n) is 5.93. The van der Waals surface area contributed by atoms with Gasteiger partial charge in [0.2, 0.25) is 0 Å². The maximum Gasteiger partial charge on any atom is 0.317 e. The zero-order valence-electron chi connectivity index (χ0n) is 9.96. The molecule has 0 aromatic carbocycles. The Balaban J connectivity index is 1.83. The van der Waals surface area contributed by atoms with Crippen LogP contribution in [-0.4, -0.2) is 35.1 Å². The van der Waals surface area contributed by atoms with Gasteiger partial charge in [0.1, 0.15) is 0 Å². The number of likely N-dealkylation sites (tertiary alicyclic amines) is 1. The molecular formula is C12H16N2O4. The summed E-state index contributed by atoms with van der Waals surface area (Å²) < 4.78 is 4.90. The first kappa shape index (κ1) is 12.5. The molecule has 2 heterocycles. The smallest absolute Gasteiger partial charge is 0.317 e. The molecule has 0 radical (unpaired) electrons. The Hall–Kier alpha value is -1.98. The monoisotopic (exact) mass is 252 g/mol. The third-order valence-corrected chi connectivity index (χ3v) is 3.08. The van der Waals surface area contributed by atoms with Crippen LogP contribution in [0.1, 0.15) is 18.4 Å². The van der Waals surface area contributed by atoms with Crippen molar-refractivity contribution in [1.82, 2.24) is 10.2 Å². The Bertz CT molecular complexity index is 416. The number of hydrogen-bond acceptors (Lipinski definition) is 3. The minimum atomic E-state index is -0.831. The molecule has 2 rings (SSSR count). The van der Waals surface area contributed by atoms with Gasteiger partial charge in [-0.1, -0.05) is 0 Å². The van der Waals surface area contributed by atoms with E-state index in [4.69, 9.17) is 9.52 Å². The van der Waals surface area contributed by atoms with Crippen molar-refractivity contribution >= 4 is 12.0 Å². The molecule has 0 saturated carbocycles. The molecule has 18 heavy (non-hydrogen) atoms. The minimum absolute atomic E-state index is 0.220. The molecule has 1 aromatic heterocycles. The van der Waals surface area contributed by atoms with Crippen molar-refractivity contribution in [1.29, 1.82) is 0 Å². The van der Waals surface area contributed by atoms with Crippen LogP contribution in [0.5, 0.6) is 0 Å². The number of piperidine rings is 1. The van der Waals surface area contributed by atoms with Crippen LogP contribution in [-0.2, 0) is 11.3 Å². The molecule has 2 amide bonds. The second kappa shape index (κ2) is 5.57. The maximum absolute atomic E-state index is 11.9. The van der Waals surface area contributed by atoms with E-state index in [1.54, 1.807) is 23.5 Å². The fourth-order valence-electron chi connectivity index (χ4n) is 2.05. The van der Waals surface area contributed by atoms with Crippen molar-refractivity contribution in [2.24, 2.45) is 5.92 Å². The van der Waals surface area contributed by atoms with E-state index in [2.05, 4.69) is 5.32 Å². The average molecular weight is 252 g/mol. The van der Waals surface area contributed by atoms with Crippen molar-refractivity contribution in [3.8, 4) is 0 Å². The lowest BCUT2D eigenvalue weighted by Gasteiger charge is -2.30. The fraction of sp³-hybridized carbons (Fsp3) is 0.500. The third kappa shape index (κ3) is 3.03. The third-order valence-electron chi connectivity index (χ3n) is 3.08. The van der Waals surface area contributed by atoms with Crippen LogP contribution in [0, 0.1) is 5.92 Å². The van der Waals surface area contributed by atoms with Crippen molar-refractivity contribution in [2.45, 2.75) is 19.4 Å². The van der Waals surface area contributed by atoms with Crippen molar-refractivity contribution in [3.63, 3.8) is 0 Å². The Morgan fingerprint density at radius 2 is 2.39 bits per heavy atom. The van der Waals surface area contributed by atoms with E-state index in [1.807, 2.05) is 0 Å². The number of furan rings is 1. The Labute approximate surface area is 105 Å². The van der Waals surface area contributed by atoms with Crippen LogP contribution in [0.25, 0.3) is 0 Å². The molecule has 6 heteroatoms. The van der Waals surface area contributed by atoms with Gasteiger partial charge in [-0.3, -0.25) is 4.79 Å². The van der Waals surface area contributed by atoms with Crippen molar-refractivity contribution in [3.05, 3.63) is 24.2 Å². The van der Waals surface area contributed by atoms with Crippen LogP contribution in [0.4, 0.5) is 4.79 Å². The maximum atomic E-state index is 11.9. The summed E-state index contributed by atoms with van der Waals surface area (Å²) in [6.07, 6.45) is 4.48. The molecule has 0 spiro atoms. The van der Waals surface area contributed by atoms with E-state index in [0.717, 1.165) is 12.0 Å². The number of rotatable bonds is 3. The molecule has 1 atom stereocenters. The first-order chi connectivity index (χ1) is 8.66. The Morgan fingerprint density at radius 3 is 3.06 bits per heavy atom. The highest BCUT2D eigenvalue weighted by molar-refractivity contribution is 5.76. The summed E-state index contributed by atoms with van der Waals surface area (Å²) in [5.74, 6) is -1.28. The molecule has 1 saturated heterocycles. The first-order valence-corrected chi connectivity index (χ1v) is 5.93. The van der Waals surface area contributed by atoms with E-state index in [9.17, 15) is 9.59 Å². The highest BCUT2D eigenvalue weighted by Gasteiger charge is 2.27. The van der Waals surface area contributed by atoms with E-state index in [-0.39, 0.29) is 12.6 Å². The highest BCUT2D eigenvalue weighted by atomic mass is 16.4. The van der Waals surface area contributed by atoms with Gasteiger partial charge in [-0.15, -0.1) is 0 Å². The standard InChI is InChI=1S/C12H16N2O4/c15-11(16)10-2-1-4-14(7-10)12(17)13-6-9-3-5-18-8-9/h3,5,8,10H,1-2,4,6-7H2,(H,13,17)(H,15,16). The summed E-state index contributed by atoms with van der Waals surface area (Å²) in [5.41, 5.74) is 0.884. The zero-order chi connectivity index (χ0) is 13.0. The lowest BCUT2D eigenvalue weighted by molar-refractivity contribution is -0.143.